The summed E-state index contributed by atoms with van der Waals surface area (Å²) in [6, 6.07) is 9.54. The molecule has 192 valence electrons. The molecule has 0 fully saturated rings. The topological polar surface area (TPSA) is 90.5 Å². The first-order valence-electron chi connectivity index (χ1n) is 11.7. The Kier molecular flexibility index (Phi) is 10.7. The number of hydrogen-bond donors (Lipinski definition) is 4. The highest BCUT2D eigenvalue weighted by molar-refractivity contribution is 5.96. The van der Waals surface area contributed by atoms with E-state index >= 15 is 0 Å². The van der Waals surface area contributed by atoms with E-state index in [1.807, 2.05) is 32.9 Å². The Morgan fingerprint density at radius 2 is 1.83 bits per heavy atom. The maximum Gasteiger partial charge on any atom is 0.416 e. The van der Waals surface area contributed by atoms with Gasteiger partial charge in [0.15, 0.2) is 0 Å². The summed E-state index contributed by atoms with van der Waals surface area (Å²) >= 11 is 0. The zero-order valence-corrected chi connectivity index (χ0v) is 20.3. The van der Waals surface area contributed by atoms with Gasteiger partial charge in [0.1, 0.15) is 0 Å². The summed E-state index contributed by atoms with van der Waals surface area (Å²) in [6.07, 6.45) is -3.18. The van der Waals surface area contributed by atoms with Crippen molar-refractivity contribution in [1.29, 1.82) is 0 Å². The second-order valence-corrected chi connectivity index (χ2v) is 8.71. The number of benzene rings is 2. The van der Waals surface area contributed by atoms with E-state index in [0.29, 0.717) is 19.5 Å². The minimum absolute atomic E-state index is 0.192. The molecular weight excluding hydrogens is 459 g/mol. The first kappa shape index (κ1) is 28.3. The van der Waals surface area contributed by atoms with Crippen LogP contribution in [-0.2, 0) is 17.5 Å². The van der Waals surface area contributed by atoms with Crippen molar-refractivity contribution < 1.29 is 27.9 Å². The van der Waals surface area contributed by atoms with Crippen molar-refractivity contribution in [2.75, 3.05) is 13.1 Å². The van der Waals surface area contributed by atoms with Crippen molar-refractivity contribution in [2.24, 2.45) is 0 Å². The summed E-state index contributed by atoms with van der Waals surface area (Å²) < 4.78 is 38.6. The van der Waals surface area contributed by atoms with Crippen LogP contribution in [0.2, 0.25) is 0 Å². The van der Waals surface area contributed by atoms with Crippen molar-refractivity contribution in [3.05, 3.63) is 70.3 Å². The third kappa shape index (κ3) is 9.33. The lowest BCUT2D eigenvalue weighted by Gasteiger charge is -2.25. The SMILES string of the molecule is CCCC[C@@H](O)[C@H](CNCc1ccc(C)cc1C)NC(=O)CNC(=O)c1cccc(C(F)(F)F)c1. The first-order valence-corrected chi connectivity index (χ1v) is 11.7. The molecule has 0 aliphatic rings. The number of carbonyl (C=O) groups excluding carboxylic acids is 2. The molecule has 4 N–H and O–H groups in total. The molecule has 0 saturated heterocycles. The van der Waals surface area contributed by atoms with E-state index in [9.17, 15) is 27.9 Å². The Labute approximate surface area is 204 Å². The maximum absolute atomic E-state index is 12.9. The molecule has 0 bridgehead atoms. The highest BCUT2D eigenvalue weighted by Gasteiger charge is 2.31. The third-order valence-corrected chi connectivity index (χ3v) is 5.70. The number of nitrogens with one attached hydrogen (secondary N) is 3. The molecule has 0 aliphatic heterocycles. The number of carbonyl (C=O) groups is 2. The average Bonchev–Trinajstić information content (AvgIpc) is 2.81. The quantitative estimate of drug-likeness (QED) is 0.361. The lowest BCUT2D eigenvalue weighted by atomic mass is 10.0. The van der Waals surface area contributed by atoms with Crippen molar-refractivity contribution in [2.45, 2.75) is 64.9 Å². The van der Waals surface area contributed by atoms with E-state index in [1.165, 1.54) is 11.6 Å². The molecule has 2 amide bonds. The molecule has 0 heterocycles. The number of halogens is 3. The van der Waals surface area contributed by atoms with Crippen LogP contribution < -0.4 is 16.0 Å². The number of unbranched alkanes of at least 4 members (excludes halogenated alkanes) is 1. The van der Waals surface area contributed by atoms with Crippen molar-refractivity contribution in [3.63, 3.8) is 0 Å². The largest absolute Gasteiger partial charge is 0.416 e. The highest BCUT2D eigenvalue weighted by atomic mass is 19.4. The summed E-state index contributed by atoms with van der Waals surface area (Å²) in [5, 5.41) is 18.9. The summed E-state index contributed by atoms with van der Waals surface area (Å²) in [7, 11) is 0. The fourth-order valence-corrected chi connectivity index (χ4v) is 3.66. The van der Waals surface area contributed by atoms with Crippen LogP contribution in [0.3, 0.4) is 0 Å². The van der Waals surface area contributed by atoms with Gasteiger partial charge in [-0.05, 0) is 49.6 Å². The maximum atomic E-state index is 12.9. The third-order valence-electron chi connectivity index (χ3n) is 5.70. The number of aliphatic hydroxyl groups excluding tert-OH is 1. The summed E-state index contributed by atoms with van der Waals surface area (Å²) in [6.45, 7) is 6.49. The molecule has 2 rings (SSSR count). The molecule has 9 heteroatoms. The summed E-state index contributed by atoms with van der Waals surface area (Å²) in [5.41, 5.74) is 2.28. The van der Waals surface area contributed by atoms with E-state index in [4.69, 9.17) is 0 Å². The van der Waals surface area contributed by atoms with Gasteiger partial charge in [-0.3, -0.25) is 9.59 Å². The van der Waals surface area contributed by atoms with Gasteiger partial charge < -0.3 is 21.1 Å². The van der Waals surface area contributed by atoms with Gasteiger partial charge >= 0.3 is 6.18 Å². The van der Waals surface area contributed by atoms with Gasteiger partial charge in [-0.1, -0.05) is 49.6 Å². The van der Waals surface area contributed by atoms with Crippen LogP contribution in [0.1, 0.15) is 58.8 Å². The van der Waals surface area contributed by atoms with E-state index in [2.05, 4.69) is 22.0 Å². The lowest BCUT2D eigenvalue weighted by molar-refractivity contribution is -0.137. The van der Waals surface area contributed by atoms with Gasteiger partial charge in [0.25, 0.3) is 5.91 Å². The van der Waals surface area contributed by atoms with Crippen LogP contribution in [0.5, 0.6) is 0 Å². The second kappa shape index (κ2) is 13.3. The average molecular weight is 494 g/mol. The minimum atomic E-state index is -4.57. The fraction of sp³-hybridized carbons (Fsp3) is 0.462. The van der Waals surface area contributed by atoms with Crippen LogP contribution in [-0.4, -0.2) is 42.2 Å². The molecule has 6 nitrogen and oxygen atoms in total. The van der Waals surface area contributed by atoms with Gasteiger partial charge in [-0.15, -0.1) is 0 Å². The smallest absolute Gasteiger partial charge is 0.391 e. The van der Waals surface area contributed by atoms with Crippen LogP contribution in [0.4, 0.5) is 13.2 Å². The second-order valence-electron chi connectivity index (χ2n) is 8.71. The molecule has 0 aliphatic carbocycles. The van der Waals surface area contributed by atoms with E-state index in [0.717, 1.165) is 42.2 Å². The van der Waals surface area contributed by atoms with Crippen LogP contribution in [0.15, 0.2) is 42.5 Å². The summed E-state index contributed by atoms with van der Waals surface area (Å²) in [4.78, 5) is 24.7. The number of rotatable bonds is 12. The monoisotopic (exact) mass is 493 g/mol. The Bertz CT molecular complexity index is 995. The Morgan fingerprint density at radius 3 is 2.49 bits per heavy atom. The number of alkyl halides is 3. The lowest BCUT2D eigenvalue weighted by Crippen LogP contribution is -2.51. The minimum Gasteiger partial charge on any atom is -0.391 e. The number of amides is 2. The van der Waals surface area contributed by atoms with Gasteiger partial charge in [0, 0.05) is 18.7 Å². The molecule has 2 atom stereocenters. The Hall–Kier alpha value is -2.91. The molecule has 0 spiro atoms. The molecule has 0 saturated carbocycles. The first-order chi connectivity index (χ1) is 16.5. The Balaban J connectivity index is 1.94. The standard InChI is InChI=1S/C26H34F3N3O3/c1-4-5-9-23(33)22(15-30-14-20-11-10-17(2)12-18(20)3)32-24(34)16-31-25(35)19-7-6-8-21(13-19)26(27,28)29/h6-8,10-13,22-23,30,33H,4-5,9,14-16H2,1-3H3,(H,31,35)(H,32,34)/t22-,23+/m0/s1. The highest BCUT2D eigenvalue weighted by Crippen LogP contribution is 2.29. The molecule has 0 radical (unpaired) electrons. The van der Waals surface area contributed by atoms with Crippen molar-refractivity contribution >= 4 is 11.8 Å². The van der Waals surface area contributed by atoms with Crippen molar-refractivity contribution in [3.8, 4) is 0 Å². The predicted octanol–water partition coefficient (Wildman–Crippen LogP) is 3.88. The van der Waals surface area contributed by atoms with Gasteiger partial charge in [0.05, 0.1) is 24.3 Å². The Morgan fingerprint density at radius 1 is 1.09 bits per heavy atom. The molecule has 35 heavy (non-hydrogen) atoms. The fourth-order valence-electron chi connectivity index (χ4n) is 3.66. The van der Waals surface area contributed by atoms with Crippen LogP contribution in [0.25, 0.3) is 0 Å². The predicted molar refractivity (Wildman–Crippen MR) is 129 cm³/mol. The normalized spacial score (nSPS) is 13.2. The summed E-state index contributed by atoms with van der Waals surface area (Å²) in [5.74, 6) is -1.33. The molecule has 2 aromatic carbocycles. The molecule has 2 aromatic rings. The number of aryl methyl sites for hydroxylation is 2. The van der Waals surface area contributed by atoms with Gasteiger partial charge in [-0.2, -0.15) is 13.2 Å². The molecule has 0 aromatic heterocycles. The van der Waals surface area contributed by atoms with Gasteiger partial charge in [0.2, 0.25) is 5.91 Å². The number of hydrogen-bond acceptors (Lipinski definition) is 4. The van der Waals surface area contributed by atoms with Crippen molar-refractivity contribution in [1.82, 2.24) is 16.0 Å². The zero-order chi connectivity index (χ0) is 26.0. The van der Waals surface area contributed by atoms with E-state index in [1.54, 1.807) is 0 Å². The van der Waals surface area contributed by atoms with Gasteiger partial charge in [-0.25, -0.2) is 0 Å². The zero-order valence-electron chi connectivity index (χ0n) is 20.3. The van der Waals surface area contributed by atoms with E-state index in [-0.39, 0.29) is 5.56 Å². The van der Waals surface area contributed by atoms with Crippen LogP contribution in [0, 0.1) is 13.8 Å². The molecule has 0 unspecified atom stereocenters. The van der Waals surface area contributed by atoms with Crippen LogP contribution >= 0.6 is 0 Å². The molecular formula is C26H34F3N3O3. The van der Waals surface area contributed by atoms with E-state index < -0.39 is 42.2 Å². The number of aliphatic hydroxyl groups is 1.